The number of hydrogen-bond donors (Lipinski definition) is 2. The molecule has 0 amide bonds. The van der Waals surface area contributed by atoms with Crippen molar-refractivity contribution >= 4 is 15.4 Å². The third-order valence-electron chi connectivity index (χ3n) is 0.758. The molecule has 0 rings (SSSR count). The highest BCUT2D eigenvalue weighted by Crippen LogP contribution is 2.36. The molecule has 0 saturated carbocycles. The van der Waals surface area contributed by atoms with E-state index in [1.165, 1.54) is 0 Å². The Labute approximate surface area is 67.2 Å². The lowest BCUT2D eigenvalue weighted by Crippen LogP contribution is -2.25. The quantitative estimate of drug-likeness (QED) is 0.466. The summed E-state index contributed by atoms with van der Waals surface area (Å²) in [5.41, 5.74) is 0. The summed E-state index contributed by atoms with van der Waals surface area (Å²) in [5.74, 6) is -2.41. The molecule has 0 saturated heterocycles. The maximum atomic E-state index is 10.0. The van der Waals surface area contributed by atoms with Crippen LogP contribution in [0.3, 0.4) is 0 Å². The minimum atomic E-state index is -5.32. The van der Waals surface area contributed by atoms with Crippen molar-refractivity contribution in [3.63, 3.8) is 0 Å². The van der Waals surface area contributed by atoms with E-state index in [-0.39, 0.29) is 0 Å². The van der Waals surface area contributed by atoms with Crippen LogP contribution < -0.4 is 14.7 Å². The molecule has 8 nitrogen and oxygen atoms in total. The standard InChI is InChI=1S/C2H8O8P2/c3-2(11(4,5)6)1-10-12(7,8)9/h2-3H,1H2,(H2,4,5,6)(H2,7,8,9)/p-3. The summed E-state index contributed by atoms with van der Waals surface area (Å²) >= 11 is 0. The highest BCUT2D eigenvalue weighted by molar-refractivity contribution is 7.50. The normalized spacial score (nSPS) is 20.1. The number of hydrogen-bond acceptors (Lipinski definition) is 7. The predicted molar refractivity (Wildman–Crippen MR) is 29.4 cm³/mol. The second-order valence-electron chi connectivity index (χ2n) is 1.79. The molecule has 0 heterocycles. The first kappa shape index (κ1) is 12.2. The van der Waals surface area contributed by atoms with E-state index >= 15 is 0 Å². The molecule has 10 heteroatoms. The minimum absolute atomic E-state index is 1.30. The fraction of sp³-hybridized carbons (Fsp3) is 1.00. The highest BCUT2D eigenvalue weighted by atomic mass is 31.2. The molecule has 0 bridgehead atoms. The zero-order valence-corrected chi connectivity index (χ0v) is 7.31. The van der Waals surface area contributed by atoms with Crippen molar-refractivity contribution in [2.45, 2.75) is 5.85 Å². The van der Waals surface area contributed by atoms with Gasteiger partial charge >= 0.3 is 0 Å². The fourth-order valence-corrected chi connectivity index (χ4v) is 0.956. The van der Waals surface area contributed by atoms with Crippen molar-refractivity contribution in [2.75, 3.05) is 6.61 Å². The van der Waals surface area contributed by atoms with E-state index in [4.69, 9.17) is 10.00 Å². The van der Waals surface area contributed by atoms with E-state index in [9.17, 15) is 23.8 Å². The predicted octanol–water partition coefficient (Wildman–Crippen LogP) is -3.30. The van der Waals surface area contributed by atoms with E-state index in [2.05, 4.69) is 4.52 Å². The molecule has 0 aromatic rings. The third-order valence-corrected chi connectivity index (χ3v) is 2.13. The van der Waals surface area contributed by atoms with Crippen LogP contribution >= 0.6 is 15.4 Å². The van der Waals surface area contributed by atoms with Crippen LogP contribution in [-0.4, -0.2) is 22.5 Å². The first-order valence-corrected chi connectivity index (χ1v) is 5.62. The zero-order valence-electron chi connectivity index (χ0n) is 5.52. The van der Waals surface area contributed by atoms with E-state index < -0.39 is 27.9 Å². The Kier molecular flexibility index (Phi) is 4.02. The van der Waals surface area contributed by atoms with Gasteiger partial charge in [0.1, 0.15) is 5.85 Å². The molecule has 0 fully saturated rings. The molecular formula is C2H5O8P2-3. The van der Waals surface area contributed by atoms with E-state index in [1.807, 2.05) is 0 Å². The van der Waals surface area contributed by atoms with E-state index in [0.717, 1.165) is 0 Å². The maximum Gasteiger partial charge on any atom is 0.163 e. The molecule has 0 radical (unpaired) electrons. The Morgan fingerprint density at radius 3 is 2.00 bits per heavy atom. The van der Waals surface area contributed by atoms with Gasteiger partial charge in [0, 0.05) is 0 Å². The van der Waals surface area contributed by atoms with Gasteiger partial charge in [-0.05, 0) is 0 Å². The molecule has 74 valence electrons. The molecule has 2 atom stereocenters. The lowest BCUT2D eigenvalue weighted by molar-refractivity contribution is -0.342. The van der Waals surface area contributed by atoms with Gasteiger partial charge in [-0.2, -0.15) is 0 Å². The summed E-state index contributed by atoms with van der Waals surface area (Å²) in [4.78, 5) is 37.5. The topological polar surface area (TPSA) is 153 Å². The van der Waals surface area contributed by atoms with Crippen molar-refractivity contribution in [3.05, 3.63) is 0 Å². The molecule has 0 aliphatic heterocycles. The van der Waals surface area contributed by atoms with Gasteiger partial charge in [-0.15, -0.1) is 0 Å². The lowest BCUT2D eigenvalue weighted by atomic mass is 10.8. The number of aliphatic hydroxyl groups excluding tert-OH is 1. The van der Waals surface area contributed by atoms with Crippen LogP contribution in [0.25, 0.3) is 0 Å². The molecule has 12 heavy (non-hydrogen) atoms. The Hall–Kier alpha value is 0.220. The summed E-state index contributed by atoms with van der Waals surface area (Å²) in [6, 6.07) is 0. The van der Waals surface area contributed by atoms with Crippen LogP contribution in [-0.2, 0) is 13.7 Å². The Bertz CT molecular complexity index is 223. The fourth-order valence-electron chi connectivity index (χ4n) is 0.252. The summed E-state index contributed by atoms with van der Waals surface area (Å²) < 4.78 is 23.1. The largest absolute Gasteiger partial charge is 0.790 e. The maximum absolute atomic E-state index is 10.0. The molecule has 0 aliphatic rings. The molecule has 0 aliphatic carbocycles. The van der Waals surface area contributed by atoms with Crippen molar-refractivity contribution in [3.8, 4) is 0 Å². The van der Waals surface area contributed by atoms with Crippen molar-refractivity contribution in [1.82, 2.24) is 0 Å². The van der Waals surface area contributed by atoms with Gasteiger partial charge in [-0.3, -0.25) is 0 Å². The summed E-state index contributed by atoms with van der Waals surface area (Å²) in [7, 11) is -10.4. The summed E-state index contributed by atoms with van der Waals surface area (Å²) in [5, 5.41) is 8.40. The third kappa shape index (κ3) is 5.82. The molecule has 0 aromatic heterocycles. The van der Waals surface area contributed by atoms with Crippen LogP contribution in [0.5, 0.6) is 0 Å². The van der Waals surface area contributed by atoms with Gasteiger partial charge in [-0.25, -0.2) is 0 Å². The summed E-state index contributed by atoms with van der Waals surface area (Å²) in [6.45, 7) is -1.30. The minimum Gasteiger partial charge on any atom is -0.790 e. The van der Waals surface area contributed by atoms with Crippen LogP contribution in [0.4, 0.5) is 0 Å². The van der Waals surface area contributed by atoms with Gasteiger partial charge in [-0.1, -0.05) is 0 Å². The Morgan fingerprint density at radius 1 is 1.33 bits per heavy atom. The first-order valence-electron chi connectivity index (χ1n) is 2.51. The second-order valence-corrected chi connectivity index (χ2v) is 4.66. The van der Waals surface area contributed by atoms with Crippen molar-refractivity contribution in [1.29, 1.82) is 0 Å². The Balaban J connectivity index is 3.97. The van der Waals surface area contributed by atoms with E-state index in [1.54, 1.807) is 0 Å². The number of aliphatic hydroxyl groups is 1. The first-order chi connectivity index (χ1) is 5.13. The van der Waals surface area contributed by atoms with Gasteiger partial charge < -0.3 is 38.3 Å². The molecular weight excluding hydrogens is 214 g/mol. The number of rotatable bonds is 4. The zero-order chi connectivity index (χ0) is 9.99. The van der Waals surface area contributed by atoms with Crippen LogP contribution in [0, 0.1) is 0 Å². The Morgan fingerprint density at radius 2 is 1.75 bits per heavy atom. The number of phosphoric acid groups is 1. The molecule has 0 aromatic carbocycles. The smallest absolute Gasteiger partial charge is 0.163 e. The van der Waals surface area contributed by atoms with Crippen LogP contribution in [0.15, 0.2) is 0 Å². The van der Waals surface area contributed by atoms with E-state index in [0.29, 0.717) is 0 Å². The molecule has 0 spiro atoms. The van der Waals surface area contributed by atoms with Gasteiger partial charge in [0.2, 0.25) is 0 Å². The average Bonchev–Trinajstić information content (AvgIpc) is 1.78. The van der Waals surface area contributed by atoms with Gasteiger partial charge in [0.25, 0.3) is 0 Å². The second kappa shape index (κ2) is 3.95. The van der Waals surface area contributed by atoms with Gasteiger partial charge in [0.15, 0.2) is 7.60 Å². The van der Waals surface area contributed by atoms with Crippen LogP contribution in [0.1, 0.15) is 0 Å². The molecule has 2 N–H and O–H groups in total. The summed E-state index contributed by atoms with van der Waals surface area (Å²) in [6.07, 6.45) is 0. The van der Waals surface area contributed by atoms with Gasteiger partial charge in [0.05, 0.1) is 14.4 Å². The van der Waals surface area contributed by atoms with Crippen molar-refractivity contribution < 1.29 is 38.3 Å². The highest BCUT2D eigenvalue weighted by Gasteiger charge is 2.16. The average molecular weight is 219 g/mol. The van der Waals surface area contributed by atoms with Crippen LogP contribution in [0.2, 0.25) is 0 Å². The monoisotopic (exact) mass is 219 g/mol. The SMILES string of the molecule is O=P([O-])([O-])OCC(O)P(=O)([O-])O. The lowest BCUT2D eigenvalue weighted by Gasteiger charge is -2.31. The van der Waals surface area contributed by atoms with Crippen molar-refractivity contribution in [2.24, 2.45) is 0 Å². The molecule has 2 unspecified atom stereocenters. The number of phosphoric ester groups is 1.